The van der Waals surface area contributed by atoms with Crippen LogP contribution in [0, 0.1) is 6.92 Å². The number of amides is 1. The van der Waals surface area contributed by atoms with Gasteiger partial charge < -0.3 is 10.1 Å². The first kappa shape index (κ1) is 25.2. The standard InChI is InChI=1S/C27H23Cl2NO4S/c1-16-6-10-18(11-7-16)26(33)25-19-4-2-3-5-22(19)35-27(25)30-23(31)15-34-24(32)13-9-17-8-12-20(28)21(29)14-17/h6-14H,2-5,15H2,1H3,(H,30,31). The number of hydrogen-bond acceptors (Lipinski definition) is 5. The summed E-state index contributed by atoms with van der Waals surface area (Å²) in [7, 11) is 0. The summed E-state index contributed by atoms with van der Waals surface area (Å²) >= 11 is 13.3. The van der Waals surface area contributed by atoms with Crippen molar-refractivity contribution in [2.45, 2.75) is 32.6 Å². The number of esters is 1. The monoisotopic (exact) mass is 527 g/mol. The van der Waals surface area contributed by atoms with Crippen LogP contribution in [0.1, 0.15) is 50.3 Å². The van der Waals surface area contributed by atoms with E-state index in [9.17, 15) is 14.4 Å². The summed E-state index contributed by atoms with van der Waals surface area (Å²) in [6.45, 7) is 1.50. The first-order valence-electron chi connectivity index (χ1n) is 11.2. The molecule has 0 unspecified atom stereocenters. The Bertz CT molecular complexity index is 1310. The summed E-state index contributed by atoms with van der Waals surface area (Å²) in [6, 6.07) is 12.3. The molecule has 180 valence electrons. The van der Waals surface area contributed by atoms with Crippen molar-refractivity contribution in [2.75, 3.05) is 11.9 Å². The third-order valence-electron chi connectivity index (χ3n) is 5.67. The Morgan fingerprint density at radius 1 is 1.03 bits per heavy atom. The van der Waals surface area contributed by atoms with Crippen molar-refractivity contribution in [1.29, 1.82) is 0 Å². The lowest BCUT2D eigenvalue weighted by Gasteiger charge is -2.13. The number of aryl methyl sites for hydroxylation is 2. The van der Waals surface area contributed by atoms with Crippen LogP contribution in [-0.4, -0.2) is 24.3 Å². The molecule has 0 fully saturated rings. The van der Waals surface area contributed by atoms with Crippen LogP contribution < -0.4 is 5.32 Å². The largest absolute Gasteiger partial charge is 0.452 e. The zero-order valence-electron chi connectivity index (χ0n) is 19.0. The Hall–Kier alpha value is -2.93. The van der Waals surface area contributed by atoms with Gasteiger partial charge in [-0.25, -0.2) is 4.79 Å². The fourth-order valence-corrected chi connectivity index (χ4v) is 5.48. The van der Waals surface area contributed by atoms with E-state index in [0.717, 1.165) is 41.7 Å². The molecule has 35 heavy (non-hydrogen) atoms. The number of hydrogen-bond donors (Lipinski definition) is 1. The quantitative estimate of drug-likeness (QED) is 0.211. The molecule has 0 saturated heterocycles. The zero-order valence-corrected chi connectivity index (χ0v) is 21.4. The molecular formula is C27H23Cl2NO4S. The van der Waals surface area contributed by atoms with Gasteiger partial charge in [0, 0.05) is 16.5 Å². The highest BCUT2D eigenvalue weighted by Crippen LogP contribution is 2.39. The van der Waals surface area contributed by atoms with Gasteiger partial charge in [0.2, 0.25) is 0 Å². The van der Waals surface area contributed by atoms with E-state index in [1.165, 1.54) is 23.5 Å². The number of rotatable bonds is 7. The highest BCUT2D eigenvalue weighted by Gasteiger charge is 2.27. The fraction of sp³-hybridized carbons (Fsp3) is 0.222. The Kier molecular flexibility index (Phi) is 8.06. The second-order valence-electron chi connectivity index (χ2n) is 8.27. The lowest BCUT2D eigenvalue weighted by Crippen LogP contribution is -2.21. The molecule has 4 rings (SSSR count). The molecule has 1 heterocycles. The molecule has 0 aliphatic heterocycles. The van der Waals surface area contributed by atoms with Gasteiger partial charge in [0.1, 0.15) is 5.00 Å². The normalized spacial score (nSPS) is 12.9. The summed E-state index contributed by atoms with van der Waals surface area (Å²) in [5, 5.41) is 4.09. The van der Waals surface area contributed by atoms with E-state index in [-0.39, 0.29) is 5.78 Å². The van der Waals surface area contributed by atoms with Gasteiger partial charge in [-0.05, 0) is 61.9 Å². The van der Waals surface area contributed by atoms with Gasteiger partial charge in [0.15, 0.2) is 12.4 Å². The molecule has 0 saturated carbocycles. The second kappa shape index (κ2) is 11.2. The fourth-order valence-electron chi connectivity index (χ4n) is 3.87. The Morgan fingerprint density at radius 3 is 2.51 bits per heavy atom. The van der Waals surface area contributed by atoms with Gasteiger partial charge in [-0.3, -0.25) is 9.59 Å². The topological polar surface area (TPSA) is 72.5 Å². The van der Waals surface area contributed by atoms with E-state index in [4.69, 9.17) is 27.9 Å². The number of benzene rings is 2. The van der Waals surface area contributed by atoms with Crippen molar-refractivity contribution >= 4 is 63.3 Å². The molecule has 0 atom stereocenters. The minimum absolute atomic E-state index is 0.110. The van der Waals surface area contributed by atoms with Crippen molar-refractivity contribution in [2.24, 2.45) is 0 Å². The van der Waals surface area contributed by atoms with Crippen LogP contribution in [0.5, 0.6) is 0 Å². The molecule has 5 nitrogen and oxygen atoms in total. The Balaban J connectivity index is 1.44. The third-order valence-corrected chi connectivity index (χ3v) is 7.61. The van der Waals surface area contributed by atoms with Crippen LogP contribution in [0.3, 0.4) is 0 Å². The predicted octanol–water partition coefficient (Wildman–Crippen LogP) is 6.67. The molecule has 1 aliphatic carbocycles. The summed E-state index contributed by atoms with van der Waals surface area (Å²) in [4.78, 5) is 39.2. The maximum Gasteiger partial charge on any atom is 0.331 e. The Morgan fingerprint density at radius 2 is 1.77 bits per heavy atom. The number of ketones is 1. The molecule has 3 aromatic rings. The van der Waals surface area contributed by atoms with Crippen molar-refractivity contribution in [3.63, 3.8) is 0 Å². The van der Waals surface area contributed by atoms with E-state index >= 15 is 0 Å². The number of nitrogens with one attached hydrogen (secondary N) is 1. The number of carbonyl (C=O) groups is 3. The molecule has 1 N–H and O–H groups in total. The molecule has 0 radical (unpaired) electrons. The first-order valence-corrected chi connectivity index (χ1v) is 12.7. The lowest BCUT2D eigenvalue weighted by molar-refractivity contribution is -0.142. The van der Waals surface area contributed by atoms with Crippen LogP contribution in [-0.2, 0) is 27.2 Å². The summed E-state index contributed by atoms with van der Waals surface area (Å²) < 4.78 is 5.07. The zero-order chi connectivity index (χ0) is 24.9. The van der Waals surface area contributed by atoms with Crippen LogP contribution in [0.25, 0.3) is 6.08 Å². The minimum Gasteiger partial charge on any atom is -0.452 e. The number of ether oxygens (including phenoxy) is 1. The van der Waals surface area contributed by atoms with E-state index < -0.39 is 18.5 Å². The van der Waals surface area contributed by atoms with Crippen LogP contribution in [0.2, 0.25) is 10.0 Å². The average Bonchev–Trinajstić information content (AvgIpc) is 3.21. The summed E-state index contributed by atoms with van der Waals surface area (Å²) in [5.41, 5.74) is 3.88. The Labute approximate surface area is 217 Å². The molecule has 1 amide bonds. The smallest absolute Gasteiger partial charge is 0.331 e. The first-order chi connectivity index (χ1) is 16.8. The molecule has 0 spiro atoms. The van der Waals surface area contributed by atoms with Crippen LogP contribution in [0.15, 0.2) is 48.5 Å². The molecular weight excluding hydrogens is 505 g/mol. The van der Waals surface area contributed by atoms with Crippen LogP contribution in [0.4, 0.5) is 5.00 Å². The molecule has 8 heteroatoms. The highest BCUT2D eigenvalue weighted by atomic mass is 35.5. The van der Waals surface area contributed by atoms with Gasteiger partial charge >= 0.3 is 5.97 Å². The second-order valence-corrected chi connectivity index (χ2v) is 10.2. The van der Waals surface area contributed by atoms with Crippen molar-refractivity contribution < 1.29 is 19.1 Å². The maximum atomic E-state index is 13.4. The predicted molar refractivity (Wildman–Crippen MR) is 141 cm³/mol. The van der Waals surface area contributed by atoms with Gasteiger partial charge in [-0.1, -0.05) is 59.1 Å². The minimum atomic E-state index is -0.673. The number of anilines is 1. The number of fused-ring (bicyclic) bond motifs is 1. The number of carbonyl (C=O) groups excluding carboxylic acids is 3. The third kappa shape index (κ3) is 6.20. The number of thiophene rings is 1. The van der Waals surface area contributed by atoms with Crippen molar-refractivity contribution in [3.05, 3.63) is 91.3 Å². The molecule has 0 bridgehead atoms. The molecule has 1 aromatic heterocycles. The summed E-state index contributed by atoms with van der Waals surface area (Å²) in [5.74, 6) is -1.29. The van der Waals surface area contributed by atoms with E-state index in [0.29, 0.717) is 31.7 Å². The molecule has 2 aromatic carbocycles. The van der Waals surface area contributed by atoms with Crippen LogP contribution >= 0.6 is 34.5 Å². The van der Waals surface area contributed by atoms with Crippen molar-refractivity contribution in [3.8, 4) is 0 Å². The van der Waals surface area contributed by atoms with Crippen molar-refractivity contribution in [1.82, 2.24) is 0 Å². The van der Waals surface area contributed by atoms with Gasteiger partial charge in [0.05, 0.1) is 15.6 Å². The average molecular weight is 528 g/mol. The van der Waals surface area contributed by atoms with E-state index in [2.05, 4.69) is 5.32 Å². The van der Waals surface area contributed by atoms with E-state index in [1.807, 2.05) is 19.1 Å². The molecule has 1 aliphatic rings. The van der Waals surface area contributed by atoms with Gasteiger partial charge in [-0.15, -0.1) is 11.3 Å². The summed E-state index contributed by atoms with van der Waals surface area (Å²) in [6.07, 6.45) is 6.49. The van der Waals surface area contributed by atoms with Gasteiger partial charge in [0.25, 0.3) is 5.91 Å². The highest BCUT2D eigenvalue weighted by molar-refractivity contribution is 7.17. The number of halogens is 2. The lowest BCUT2D eigenvalue weighted by atomic mass is 9.91. The van der Waals surface area contributed by atoms with E-state index in [1.54, 1.807) is 30.3 Å². The SMILES string of the molecule is Cc1ccc(C(=O)c2c(NC(=O)COC(=O)C=Cc3ccc(Cl)c(Cl)c3)sc3c2CCCC3)cc1. The maximum absolute atomic E-state index is 13.4. The van der Waals surface area contributed by atoms with Gasteiger partial charge in [-0.2, -0.15) is 0 Å².